The molecule has 3 aromatic carbocycles. The molecule has 0 amide bonds. The number of para-hydroxylation sites is 3. The summed E-state index contributed by atoms with van der Waals surface area (Å²) >= 11 is 1.44. The number of aromatic nitrogens is 4. The maximum atomic E-state index is 14.6. The van der Waals surface area contributed by atoms with Crippen LogP contribution in [0.5, 0.6) is 0 Å². The van der Waals surface area contributed by atoms with E-state index in [-0.39, 0.29) is 11.2 Å². The van der Waals surface area contributed by atoms with E-state index < -0.39 is 5.82 Å². The fourth-order valence-corrected chi connectivity index (χ4v) is 4.29. The van der Waals surface area contributed by atoms with Gasteiger partial charge in [0.25, 0.3) is 5.56 Å². The molecule has 0 aliphatic rings. The second kappa shape index (κ2) is 7.68. The summed E-state index contributed by atoms with van der Waals surface area (Å²) in [5, 5.41) is 2.15. The number of fused-ring (bicyclic) bond motifs is 2. The Morgan fingerprint density at radius 3 is 2.37 bits per heavy atom. The van der Waals surface area contributed by atoms with E-state index in [9.17, 15) is 9.18 Å². The molecule has 0 N–H and O–H groups in total. The molecule has 0 aliphatic heterocycles. The number of hydrogen-bond acceptors (Lipinski definition) is 5. The maximum absolute atomic E-state index is 14.6. The van der Waals surface area contributed by atoms with Gasteiger partial charge in [0.2, 0.25) is 0 Å². The van der Waals surface area contributed by atoms with Crippen LogP contribution in [0.4, 0.5) is 4.39 Å². The summed E-state index contributed by atoms with van der Waals surface area (Å²) in [7, 11) is 0. The van der Waals surface area contributed by atoms with Gasteiger partial charge in [-0.1, -0.05) is 54.2 Å². The Hall–Kier alpha value is -3.58. The van der Waals surface area contributed by atoms with Crippen molar-refractivity contribution < 1.29 is 4.39 Å². The molecule has 0 saturated heterocycles. The quantitative estimate of drug-likeness (QED) is 0.313. The van der Waals surface area contributed by atoms with Gasteiger partial charge in [0, 0.05) is 5.39 Å². The third kappa shape index (κ3) is 3.23. The fraction of sp³-hybridized carbons (Fsp3) is 0.0435. The second-order valence-electron chi connectivity index (χ2n) is 6.62. The van der Waals surface area contributed by atoms with Gasteiger partial charge in [-0.15, -0.1) is 0 Å². The van der Waals surface area contributed by atoms with Crippen molar-refractivity contribution in [1.82, 2.24) is 19.5 Å². The average Bonchev–Trinajstić information content (AvgIpc) is 2.78. The first-order valence-electron chi connectivity index (χ1n) is 9.30. The molecule has 7 heteroatoms. The molecule has 0 unspecified atom stereocenters. The smallest absolute Gasteiger partial charge is 0.266 e. The maximum Gasteiger partial charge on any atom is 0.266 e. The Morgan fingerprint density at radius 1 is 0.833 bits per heavy atom. The van der Waals surface area contributed by atoms with Gasteiger partial charge in [0.1, 0.15) is 23.0 Å². The van der Waals surface area contributed by atoms with Crippen molar-refractivity contribution >= 4 is 33.6 Å². The zero-order valence-corrected chi connectivity index (χ0v) is 16.5. The predicted octanol–water partition coefficient (Wildman–Crippen LogP) is 4.76. The first-order valence-corrected chi connectivity index (χ1v) is 10.3. The van der Waals surface area contributed by atoms with E-state index in [0.717, 1.165) is 15.9 Å². The van der Waals surface area contributed by atoms with Crippen LogP contribution in [0.1, 0.15) is 5.82 Å². The largest absolute Gasteiger partial charge is 0.268 e. The summed E-state index contributed by atoms with van der Waals surface area (Å²) in [6.07, 6.45) is 1.52. The Kier molecular flexibility index (Phi) is 4.72. The van der Waals surface area contributed by atoms with Gasteiger partial charge in [-0.3, -0.25) is 9.36 Å². The van der Waals surface area contributed by atoms with Gasteiger partial charge >= 0.3 is 0 Å². The van der Waals surface area contributed by atoms with E-state index in [2.05, 4.69) is 15.0 Å². The van der Waals surface area contributed by atoms with Crippen LogP contribution in [-0.2, 0) is 5.75 Å². The van der Waals surface area contributed by atoms with Crippen molar-refractivity contribution in [3.63, 3.8) is 0 Å². The van der Waals surface area contributed by atoms with Gasteiger partial charge < -0.3 is 0 Å². The van der Waals surface area contributed by atoms with Crippen LogP contribution in [0.3, 0.4) is 0 Å². The third-order valence-corrected chi connectivity index (χ3v) is 5.78. The highest BCUT2D eigenvalue weighted by molar-refractivity contribution is 7.98. The van der Waals surface area contributed by atoms with Crippen molar-refractivity contribution in [3.8, 4) is 5.69 Å². The van der Waals surface area contributed by atoms with E-state index in [1.54, 1.807) is 36.4 Å². The minimum absolute atomic E-state index is 0.184. The fourth-order valence-electron chi connectivity index (χ4n) is 3.39. The molecule has 0 saturated carbocycles. The van der Waals surface area contributed by atoms with Crippen LogP contribution in [0.2, 0.25) is 0 Å². The first-order chi connectivity index (χ1) is 14.7. The molecule has 146 valence electrons. The van der Waals surface area contributed by atoms with Crippen LogP contribution in [0, 0.1) is 5.82 Å². The van der Waals surface area contributed by atoms with E-state index in [4.69, 9.17) is 0 Å². The topological polar surface area (TPSA) is 60.7 Å². The highest BCUT2D eigenvalue weighted by Gasteiger charge is 2.16. The Balaban J connectivity index is 1.65. The Labute approximate surface area is 175 Å². The summed E-state index contributed by atoms with van der Waals surface area (Å²) in [6.45, 7) is 0. The van der Waals surface area contributed by atoms with E-state index in [0.29, 0.717) is 22.5 Å². The number of thioether (sulfide) groups is 1. The molecule has 5 nitrogen and oxygen atoms in total. The lowest BCUT2D eigenvalue weighted by Crippen LogP contribution is -2.24. The zero-order chi connectivity index (χ0) is 20.5. The SMILES string of the molecule is O=c1c2ccccc2nc(CSc2ncnc3ccccc23)n1-c1ccccc1F. The van der Waals surface area contributed by atoms with Crippen LogP contribution in [0.25, 0.3) is 27.5 Å². The van der Waals surface area contributed by atoms with Gasteiger partial charge in [0.15, 0.2) is 0 Å². The molecular weight excluding hydrogens is 399 g/mol. The average molecular weight is 414 g/mol. The van der Waals surface area contributed by atoms with E-state index in [1.807, 2.05) is 30.3 Å². The van der Waals surface area contributed by atoms with Gasteiger partial charge in [-0.25, -0.2) is 19.3 Å². The summed E-state index contributed by atoms with van der Waals surface area (Å²) in [4.78, 5) is 26.6. The minimum atomic E-state index is -0.476. The molecule has 0 bridgehead atoms. The number of hydrogen-bond donors (Lipinski definition) is 0. The van der Waals surface area contributed by atoms with Gasteiger partial charge in [0.05, 0.1) is 27.9 Å². The molecule has 0 spiro atoms. The molecule has 0 fully saturated rings. The van der Waals surface area contributed by atoms with Crippen LogP contribution < -0.4 is 5.56 Å². The molecule has 5 aromatic rings. The lowest BCUT2D eigenvalue weighted by molar-refractivity contribution is 0.613. The Bertz CT molecular complexity index is 1450. The minimum Gasteiger partial charge on any atom is -0.268 e. The highest BCUT2D eigenvalue weighted by atomic mass is 32.2. The van der Waals surface area contributed by atoms with Crippen molar-refractivity contribution in [2.45, 2.75) is 10.8 Å². The highest BCUT2D eigenvalue weighted by Crippen LogP contribution is 2.28. The summed E-state index contributed by atoms with van der Waals surface area (Å²) < 4.78 is 15.9. The summed E-state index contributed by atoms with van der Waals surface area (Å²) in [6, 6.07) is 21.1. The van der Waals surface area contributed by atoms with Crippen molar-refractivity contribution in [3.05, 3.63) is 101 Å². The monoisotopic (exact) mass is 414 g/mol. The van der Waals surface area contributed by atoms with Crippen LogP contribution in [0.15, 0.2) is 88.9 Å². The molecule has 0 radical (unpaired) electrons. The van der Waals surface area contributed by atoms with Gasteiger partial charge in [-0.05, 0) is 30.3 Å². The molecule has 5 rings (SSSR count). The summed E-state index contributed by atoms with van der Waals surface area (Å²) in [5.74, 6) is 0.321. The number of rotatable bonds is 4. The molecule has 2 heterocycles. The summed E-state index contributed by atoms with van der Waals surface area (Å²) in [5.41, 5.74) is 1.31. The lowest BCUT2D eigenvalue weighted by Gasteiger charge is -2.14. The number of nitrogens with zero attached hydrogens (tertiary/aromatic N) is 4. The second-order valence-corrected chi connectivity index (χ2v) is 7.59. The van der Waals surface area contributed by atoms with Crippen molar-refractivity contribution in [2.24, 2.45) is 0 Å². The normalized spacial score (nSPS) is 11.2. The molecule has 0 atom stereocenters. The standard InChI is InChI=1S/C23H15FN4OS/c24-17-9-3-6-12-20(17)28-21(27-19-11-5-2-8-16(19)23(28)29)13-30-22-15-7-1-4-10-18(15)25-14-26-22/h1-12,14H,13H2. The molecule has 30 heavy (non-hydrogen) atoms. The van der Waals surface area contributed by atoms with Crippen LogP contribution >= 0.6 is 11.8 Å². The lowest BCUT2D eigenvalue weighted by atomic mass is 10.2. The third-order valence-electron chi connectivity index (χ3n) is 4.78. The van der Waals surface area contributed by atoms with Crippen molar-refractivity contribution in [2.75, 3.05) is 0 Å². The van der Waals surface area contributed by atoms with E-state index in [1.165, 1.54) is 28.7 Å². The zero-order valence-electron chi connectivity index (χ0n) is 15.7. The molecule has 2 aromatic heterocycles. The van der Waals surface area contributed by atoms with E-state index >= 15 is 0 Å². The first kappa shape index (κ1) is 18.4. The predicted molar refractivity (Wildman–Crippen MR) is 116 cm³/mol. The van der Waals surface area contributed by atoms with Gasteiger partial charge in [-0.2, -0.15) is 0 Å². The number of benzene rings is 3. The van der Waals surface area contributed by atoms with Crippen molar-refractivity contribution in [1.29, 1.82) is 0 Å². The Morgan fingerprint density at radius 2 is 1.53 bits per heavy atom. The van der Waals surface area contributed by atoms with Crippen LogP contribution in [-0.4, -0.2) is 19.5 Å². The molecule has 0 aliphatic carbocycles. The number of halogens is 1. The molecular formula is C23H15FN4OS.